The summed E-state index contributed by atoms with van der Waals surface area (Å²) in [7, 11) is 3.25. The molecule has 3 aromatic rings. The average Bonchev–Trinajstić information content (AvgIpc) is 2.74. The van der Waals surface area contributed by atoms with Crippen LogP contribution in [0.15, 0.2) is 48.5 Å². The summed E-state index contributed by atoms with van der Waals surface area (Å²) in [4.78, 5) is 9.62. The molecule has 8 heteroatoms. The quantitative estimate of drug-likeness (QED) is 0.633. The summed E-state index contributed by atoms with van der Waals surface area (Å²) in [5, 5.41) is 0.879. The smallest absolute Gasteiger partial charge is 0.162 e. The fourth-order valence-corrected chi connectivity index (χ4v) is 3.70. The molecule has 162 valence electrons. The number of nitrogen functional groups attached to an aromatic ring is 1. The van der Waals surface area contributed by atoms with Crippen molar-refractivity contribution in [3.63, 3.8) is 0 Å². The molecule has 1 aliphatic rings. The Bertz CT molecular complexity index is 964. The lowest BCUT2D eigenvalue weighted by molar-refractivity contribution is 0.249. The fourth-order valence-electron chi connectivity index (χ4n) is 3.70. The van der Waals surface area contributed by atoms with Crippen LogP contribution in [0.3, 0.4) is 0 Å². The highest BCUT2D eigenvalue weighted by molar-refractivity contribution is 5.94. The Labute approximate surface area is 189 Å². The molecule has 1 aromatic heterocycles. The summed E-state index contributed by atoms with van der Waals surface area (Å²) >= 11 is 0. The zero-order valence-corrected chi connectivity index (χ0v) is 18.8. The van der Waals surface area contributed by atoms with Crippen LogP contribution in [0.5, 0.6) is 11.5 Å². The monoisotopic (exact) mass is 450 g/mol. The van der Waals surface area contributed by atoms with Gasteiger partial charge in [0.05, 0.1) is 19.7 Å². The van der Waals surface area contributed by atoms with E-state index in [9.17, 15) is 0 Å². The minimum atomic E-state index is 0. The average molecular weight is 451 g/mol. The Morgan fingerprint density at radius 1 is 0.900 bits per heavy atom. The van der Waals surface area contributed by atoms with E-state index in [2.05, 4.69) is 40.1 Å². The molecular weight excluding hydrogens is 423 g/mol. The van der Waals surface area contributed by atoms with Gasteiger partial charge in [0.15, 0.2) is 11.5 Å². The van der Waals surface area contributed by atoms with Crippen LogP contribution < -0.4 is 20.1 Å². The van der Waals surface area contributed by atoms with Crippen LogP contribution in [0, 0.1) is 0 Å². The van der Waals surface area contributed by atoms with Gasteiger partial charge in [-0.25, -0.2) is 4.98 Å². The van der Waals surface area contributed by atoms with Gasteiger partial charge in [-0.2, -0.15) is 0 Å². The number of pyridine rings is 1. The lowest BCUT2D eigenvalue weighted by Gasteiger charge is -2.35. The van der Waals surface area contributed by atoms with Gasteiger partial charge in [0.2, 0.25) is 0 Å². The molecule has 0 amide bonds. The van der Waals surface area contributed by atoms with E-state index in [0.717, 1.165) is 49.4 Å². The lowest BCUT2D eigenvalue weighted by Crippen LogP contribution is -2.46. The molecular formula is C22H28Cl2N4O2. The van der Waals surface area contributed by atoms with E-state index in [0.29, 0.717) is 17.2 Å². The van der Waals surface area contributed by atoms with E-state index >= 15 is 0 Å². The third-order valence-corrected chi connectivity index (χ3v) is 5.28. The second-order valence-electron chi connectivity index (χ2n) is 7.04. The van der Waals surface area contributed by atoms with Crippen molar-refractivity contribution in [1.82, 2.24) is 9.88 Å². The highest BCUT2D eigenvalue weighted by Gasteiger charge is 2.20. The van der Waals surface area contributed by atoms with E-state index < -0.39 is 0 Å². The molecule has 30 heavy (non-hydrogen) atoms. The fraction of sp³-hybridized carbons (Fsp3) is 0.318. The number of nitrogens with two attached hydrogens (primary N) is 1. The van der Waals surface area contributed by atoms with Crippen molar-refractivity contribution in [3.05, 3.63) is 54.1 Å². The van der Waals surface area contributed by atoms with Crippen molar-refractivity contribution in [2.45, 2.75) is 6.54 Å². The van der Waals surface area contributed by atoms with Gasteiger partial charge in [-0.3, -0.25) is 4.90 Å². The Kier molecular flexibility index (Phi) is 8.41. The second kappa shape index (κ2) is 10.6. The van der Waals surface area contributed by atoms with Crippen molar-refractivity contribution >= 4 is 47.2 Å². The van der Waals surface area contributed by atoms with Crippen molar-refractivity contribution in [3.8, 4) is 11.5 Å². The summed E-state index contributed by atoms with van der Waals surface area (Å²) in [6.07, 6.45) is 0. The Morgan fingerprint density at radius 3 is 2.17 bits per heavy atom. The van der Waals surface area contributed by atoms with Crippen LogP contribution in [0.2, 0.25) is 0 Å². The first-order valence-corrected chi connectivity index (χ1v) is 9.51. The molecule has 1 fully saturated rings. The van der Waals surface area contributed by atoms with E-state index in [1.807, 2.05) is 18.2 Å². The van der Waals surface area contributed by atoms with Crippen molar-refractivity contribution in [1.29, 1.82) is 0 Å². The lowest BCUT2D eigenvalue weighted by atomic mass is 10.1. The normalized spacial score (nSPS) is 14.0. The number of halogens is 2. The summed E-state index contributed by atoms with van der Waals surface area (Å²) in [5.41, 5.74) is 9.21. The first-order chi connectivity index (χ1) is 13.7. The predicted molar refractivity (Wildman–Crippen MR) is 128 cm³/mol. The highest BCUT2D eigenvalue weighted by Crippen LogP contribution is 2.35. The van der Waals surface area contributed by atoms with E-state index in [1.54, 1.807) is 14.2 Å². The van der Waals surface area contributed by atoms with Crippen LogP contribution >= 0.6 is 24.8 Å². The SMILES string of the molecule is COc1cc2nc(N3CCN(Cc4ccccc4)CC3)cc(N)c2cc1OC.Cl.Cl. The van der Waals surface area contributed by atoms with Crippen LogP contribution in [0.4, 0.5) is 11.5 Å². The molecule has 2 N–H and O–H groups in total. The molecule has 2 aromatic carbocycles. The van der Waals surface area contributed by atoms with Crippen molar-refractivity contribution < 1.29 is 9.47 Å². The number of aromatic nitrogens is 1. The number of piperazine rings is 1. The van der Waals surface area contributed by atoms with Crippen LogP contribution in [-0.4, -0.2) is 50.3 Å². The molecule has 0 bridgehead atoms. The van der Waals surface area contributed by atoms with Gasteiger partial charge in [-0.1, -0.05) is 30.3 Å². The number of rotatable bonds is 5. The number of ether oxygens (including phenoxy) is 2. The molecule has 1 aliphatic heterocycles. The van der Waals surface area contributed by atoms with E-state index in [1.165, 1.54) is 5.56 Å². The predicted octanol–water partition coefficient (Wildman–Crippen LogP) is 4.00. The Morgan fingerprint density at radius 2 is 1.53 bits per heavy atom. The maximum Gasteiger partial charge on any atom is 0.162 e. The molecule has 0 radical (unpaired) electrons. The topological polar surface area (TPSA) is 63.9 Å². The first-order valence-electron chi connectivity index (χ1n) is 9.51. The molecule has 0 saturated carbocycles. The molecule has 0 spiro atoms. The molecule has 0 aliphatic carbocycles. The third-order valence-electron chi connectivity index (χ3n) is 5.28. The van der Waals surface area contributed by atoms with Crippen molar-refractivity contribution in [2.24, 2.45) is 0 Å². The second-order valence-corrected chi connectivity index (χ2v) is 7.04. The van der Waals surface area contributed by atoms with E-state index in [-0.39, 0.29) is 24.8 Å². The van der Waals surface area contributed by atoms with Crippen LogP contribution in [0.1, 0.15) is 5.56 Å². The number of hydrogen-bond acceptors (Lipinski definition) is 6. The molecule has 4 rings (SSSR count). The molecule has 0 atom stereocenters. The number of fused-ring (bicyclic) bond motifs is 1. The maximum atomic E-state index is 6.33. The number of methoxy groups -OCH3 is 2. The van der Waals surface area contributed by atoms with E-state index in [4.69, 9.17) is 20.2 Å². The van der Waals surface area contributed by atoms with Gasteiger partial charge in [0, 0.05) is 55.9 Å². The maximum absolute atomic E-state index is 6.33. The number of hydrogen-bond donors (Lipinski definition) is 1. The summed E-state index contributed by atoms with van der Waals surface area (Å²) in [6, 6.07) is 16.3. The minimum Gasteiger partial charge on any atom is -0.493 e. The summed E-state index contributed by atoms with van der Waals surface area (Å²) in [6.45, 7) is 4.84. The highest BCUT2D eigenvalue weighted by atomic mass is 35.5. The summed E-state index contributed by atoms with van der Waals surface area (Å²) < 4.78 is 10.8. The van der Waals surface area contributed by atoms with Gasteiger partial charge in [0.1, 0.15) is 5.82 Å². The third kappa shape index (κ3) is 5.01. The number of nitrogens with zero attached hydrogens (tertiary/aromatic N) is 3. The van der Waals surface area contributed by atoms with Crippen molar-refractivity contribution in [2.75, 3.05) is 51.0 Å². The largest absolute Gasteiger partial charge is 0.493 e. The van der Waals surface area contributed by atoms with Gasteiger partial charge in [-0.15, -0.1) is 24.8 Å². The van der Waals surface area contributed by atoms with Gasteiger partial charge in [-0.05, 0) is 11.6 Å². The molecule has 1 saturated heterocycles. The Balaban J connectivity index is 0.00000160. The summed E-state index contributed by atoms with van der Waals surface area (Å²) in [5.74, 6) is 2.23. The zero-order chi connectivity index (χ0) is 19.5. The van der Waals surface area contributed by atoms with Gasteiger partial charge < -0.3 is 20.1 Å². The molecule has 6 nitrogen and oxygen atoms in total. The van der Waals surface area contributed by atoms with Gasteiger partial charge >= 0.3 is 0 Å². The standard InChI is InChI=1S/C22H26N4O2.2ClH/c1-27-20-12-17-18(23)13-22(24-19(17)14-21(20)28-2)26-10-8-25(9-11-26)15-16-6-4-3-5-7-16;;/h3-7,12-14H,8-11,15H2,1-2H3,(H2,23,24);2*1H. The van der Waals surface area contributed by atoms with Crippen LogP contribution in [-0.2, 0) is 6.54 Å². The Hall–Kier alpha value is -2.41. The molecule has 0 unspecified atom stereocenters. The first kappa shape index (κ1) is 23.9. The number of anilines is 2. The van der Waals surface area contributed by atoms with Gasteiger partial charge in [0.25, 0.3) is 0 Å². The molecule has 2 heterocycles. The van der Waals surface area contributed by atoms with Crippen LogP contribution in [0.25, 0.3) is 10.9 Å². The minimum absolute atomic E-state index is 0. The zero-order valence-electron chi connectivity index (χ0n) is 17.2. The number of benzene rings is 2.